The second-order valence-electron chi connectivity index (χ2n) is 5.85. The van der Waals surface area contributed by atoms with Crippen LogP contribution in [0.5, 0.6) is 0 Å². The van der Waals surface area contributed by atoms with Crippen molar-refractivity contribution in [2.75, 3.05) is 10.7 Å². The highest BCUT2D eigenvalue weighted by molar-refractivity contribution is 9.25. The second kappa shape index (κ2) is 8.77. The van der Waals surface area contributed by atoms with Crippen molar-refractivity contribution in [1.82, 2.24) is 0 Å². The van der Waals surface area contributed by atoms with Gasteiger partial charge in [0, 0.05) is 16.1 Å². The van der Waals surface area contributed by atoms with Gasteiger partial charge in [-0.3, -0.25) is 0 Å². The minimum atomic E-state index is -0.212. The van der Waals surface area contributed by atoms with E-state index in [0.717, 1.165) is 33.8 Å². The van der Waals surface area contributed by atoms with Gasteiger partial charge in [0.2, 0.25) is 0 Å². The fourth-order valence-corrected chi connectivity index (χ4v) is 6.17. The summed E-state index contributed by atoms with van der Waals surface area (Å²) < 4.78 is 25.1. The smallest absolute Gasteiger partial charge is 0.123 e. The first kappa shape index (κ1) is 21.3. The molecule has 0 spiro atoms. The highest BCUT2D eigenvalue weighted by Gasteiger charge is 2.65. The van der Waals surface area contributed by atoms with E-state index in [-0.39, 0.29) is 20.3 Å². The summed E-state index contributed by atoms with van der Waals surface area (Å²) in [6, 6.07) is 13.0. The van der Waals surface area contributed by atoms with E-state index >= 15 is 0 Å². The topological polar surface area (TPSA) is 0 Å². The Hall–Kier alpha value is -0.0400. The van der Waals surface area contributed by atoms with Gasteiger partial charge >= 0.3 is 0 Å². The molecule has 0 heterocycles. The van der Waals surface area contributed by atoms with Crippen LogP contribution in [0.1, 0.15) is 17.5 Å². The molecule has 1 aliphatic rings. The quantitative estimate of drug-likeness (QED) is 0.317. The molecule has 0 amide bonds. The molecule has 25 heavy (non-hydrogen) atoms. The molecule has 0 nitrogen and oxygen atoms in total. The van der Waals surface area contributed by atoms with Crippen LogP contribution in [-0.2, 0) is 5.41 Å². The molecule has 1 unspecified atom stereocenters. The van der Waals surface area contributed by atoms with E-state index < -0.39 is 0 Å². The SMILES string of the molecule is C=C(CBr)c1ccc(F)cc1.Fc1ccc(C2(CBr)CC2(Br)Br)cc1. The largest absolute Gasteiger partial charge is 0.207 e. The number of alkyl halides is 4. The fourth-order valence-electron chi connectivity index (χ4n) is 2.40. The summed E-state index contributed by atoms with van der Waals surface area (Å²) in [5.41, 5.74) is 3.15. The lowest BCUT2D eigenvalue weighted by molar-refractivity contribution is 0.625. The summed E-state index contributed by atoms with van der Waals surface area (Å²) in [6.45, 7) is 3.80. The summed E-state index contributed by atoms with van der Waals surface area (Å²) in [5.74, 6) is -0.398. The first-order valence-corrected chi connectivity index (χ1v) is 11.3. The Kier molecular flexibility index (Phi) is 7.45. The standard InChI is InChI=1S/C10H8Br3F.C9H8BrF/c11-6-9(5-10(9,12)13)7-1-3-8(14)4-2-7;1-7(6-10)8-2-4-9(11)5-3-8/h1-4H,5-6H2;2-5H,1,6H2. The van der Waals surface area contributed by atoms with E-state index in [4.69, 9.17) is 0 Å². The Morgan fingerprint density at radius 2 is 1.36 bits per heavy atom. The Balaban J connectivity index is 0.000000186. The van der Waals surface area contributed by atoms with Crippen molar-refractivity contribution in [2.24, 2.45) is 0 Å². The zero-order valence-electron chi connectivity index (χ0n) is 13.2. The summed E-state index contributed by atoms with van der Waals surface area (Å²) in [7, 11) is 0. The molecule has 0 aromatic heterocycles. The molecule has 0 radical (unpaired) electrons. The van der Waals surface area contributed by atoms with Crippen LogP contribution in [0.15, 0.2) is 55.1 Å². The molecule has 134 valence electrons. The lowest BCUT2D eigenvalue weighted by atomic mass is 9.98. The summed E-state index contributed by atoms with van der Waals surface area (Å²) in [4.78, 5) is 0. The molecule has 1 fully saturated rings. The molecule has 0 bridgehead atoms. The van der Waals surface area contributed by atoms with Gasteiger partial charge in [-0.25, -0.2) is 8.78 Å². The van der Waals surface area contributed by atoms with Crippen LogP contribution >= 0.6 is 63.7 Å². The number of hydrogen-bond acceptors (Lipinski definition) is 0. The molecule has 1 atom stereocenters. The highest BCUT2D eigenvalue weighted by atomic mass is 79.9. The summed E-state index contributed by atoms with van der Waals surface area (Å²) in [5, 5.41) is 1.58. The van der Waals surface area contributed by atoms with Gasteiger partial charge in [0.05, 0.1) is 3.23 Å². The maximum atomic E-state index is 12.8. The van der Waals surface area contributed by atoms with Crippen LogP contribution < -0.4 is 0 Å². The lowest BCUT2D eigenvalue weighted by Crippen LogP contribution is -2.15. The van der Waals surface area contributed by atoms with E-state index in [0.29, 0.717) is 0 Å². The third-order valence-electron chi connectivity index (χ3n) is 4.14. The van der Waals surface area contributed by atoms with Crippen LogP contribution in [0.2, 0.25) is 0 Å². The van der Waals surface area contributed by atoms with Crippen LogP contribution in [0.4, 0.5) is 8.78 Å². The first-order valence-electron chi connectivity index (χ1n) is 7.45. The predicted molar refractivity (Wildman–Crippen MR) is 116 cm³/mol. The Bertz CT molecular complexity index is 726. The van der Waals surface area contributed by atoms with Crippen molar-refractivity contribution in [3.05, 3.63) is 77.9 Å². The normalized spacial score (nSPS) is 20.4. The molecule has 6 heteroatoms. The summed E-state index contributed by atoms with van der Waals surface area (Å²) in [6.07, 6.45) is 1.01. The fraction of sp³-hybridized carbons (Fsp3) is 0.263. The van der Waals surface area contributed by atoms with Crippen molar-refractivity contribution >= 4 is 69.3 Å². The maximum Gasteiger partial charge on any atom is 0.123 e. The number of hydrogen-bond donors (Lipinski definition) is 0. The Morgan fingerprint density at radius 3 is 1.72 bits per heavy atom. The van der Waals surface area contributed by atoms with Crippen LogP contribution in [0, 0.1) is 11.6 Å². The zero-order chi connectivity index (χ0) is 18.7. The summed E-state index contributed by atoms with van der Waals surface area (Å²) >= 11 is 14.0. The van der Waals surface area contributed by atoms with E-state index in [2.05, 4.69) is 70.3 Å². The third kappa shape index (κ3) is 5.02. The van der Waals surface area contributed by atoms with Gasteiger partial charge in [-0.05, 0) is 47.4 Å². The minimum Gasteiger partial charge on any atom is -0.207 e. The number of allylic oxidation sites excluding steroid dienone is 1. The molecule has 2 aromatic carbocycles. The molecule has 1 aliphatic carbocycles. The highest BCUT2D eigenvalue weighted by Crippen LogP contribution is 2.67. The van der Waals surface area contributed by atoms with E-state index in [9.17, 15) is 8.78 Å². The van der Waals surface area contributed by atoms with Crippen molar-refractivity contribution in [2.45, 2.75) is 15.1 Å². The van der Waals surface area contributed by atoms with E-state index in [1.165, 1.54) is 24.3 Å². The average Bonchev–Trinajstić information content (AvgIpc) is 3.18. The molecular formula is C19H16Br4F2. The Labute approximate surface area is 180 Å². The van der Waals surface area contributed by atoms with Crippen LogP contribution in [0.25, 0.3) is 5.57 Å². The average molecular weight is 602 g/mol. The molecule has 0 aliphatic heterocycles. The van der Waals surface area contributed by atoms with Gasteiger partial charge < -0.3 is 0 Å². The maximum absolute atomic E-state index is 12.8. The number of rotatable bonds is 4. The lowest BCUT2D eigenvalue weighted by Gasteiger charge is -2.15. The first-order chi connectivity index (χ1) is 11.8. The molecule has 0 N–H and O–H groups in total. The van der Waals surface area contributed by atoms with Gasteiger partial charge in [-0.1, -0.05) is 94.6 Å². The molecule has 1 saturated carbocycles. The number of halogens is 6. The van der Waals surface area contributed by atoms with E-state index in [1.807, 2.05) is 12.1 Å². The number of benzene rings is 2. The van der Waals surface area contributed by atoms with Crippen LogP contribution in [0.3, 0.4) is 0 Å². The molecule has 2 aromatic rings. The van der Waals surface area contributed by atoms with Crippen molar-refractivity contribution in [3.63, 3.8) is 0 Å². The van der Waals surface area contributed by atoms with Crippen molar-refractivity contribution < 1.29 is 8.78 Å². The van der Waals surface area contributed by atoms with Gasteiger partial charge in [-0.2, -0.15) is 0 Å². The van der Waals surface area contributed by atoms with Crippen molar-refractivity contribution in [1.29, 1.82) is 0 Å². The van der Waals surface area contributed by atoms with Gasteiger partial charge in [-0.15, -0.1) is 0 Å². The van der Waals surface area contributed by atoms with Gasteiger partial charge in [0.15, 0.2) is 0 Å². The molecular weight excluding hydrogens is 586 g/mol. The van der Waals surface area contributed by atoms with Crippen LogP contribution in [-0.4, -0.2) is 13.9 Å². The third-order valence-corrected chi connectivity index (χ3v) is 7.85. The Morgan fingerprint density at radius 1 is 0.920 bits per heavy atom. The zero-order valence-corrected chi connectivity index (χ0v) is 19.6. The predicted octanol–water partition coefficient (Wildman–Crippen LogP) is 7.58. The van der Waals surface area contributed by atoms with Gasteiger partial charge in [0.25, 0.3) is 0 Å². The molecule has 3 rings (SSSR count). The van der Waals surface area contributed by atoms with Gasteiger partial charge in [0.1, 0.15) is 11.6 Å². The van der Waals surface area contributed by atoms with Crippen molar-refractivity contribution in [3.8, 4) is 0 Å². The monoisotopic (exact) mass is 598 g/mol. The molecule has 0 saturated heterocycles. The minimum absolute atomic E-state index is 0.0334. The van der Waals surface area contributed by atoms with E-state index in [1.54, 1.807) is 12.1 Å². The second-order valence-corrected chi connectivity index (χ2v) is 10.7.